The first-order valence-electron chi connectivity index (χ1n) is 6.37. The maximum absolute atomic E-state index is 5.25. The van der Waals surface area contributed by atoms with E-state index >= 15 is 0 Å². The third-order valence-electron chi connectivity index (χ3n) is 3.05. The molecule has 2 rings (SSSR count). The van der Waals surface area contributed by atoms with Crippen LogP contribution in [0.15, 0.2) is 46.9 Å². The fourth-order valence-electron chi connectivity index (χ4n) is 1.96. The van der Waals surface area contributed by atoms with Gasteiger partial charge >= 0.3 is 0 Å². The molecule has 0 saturated heterocycles. The average molecular weight is 336 g/mol. The van der Waals surface area contributed by atoms with Gasteiger partial charge in [0, 0.05) is 29.4 Å². The Labute approximate surface area is 128 Å². The number of nitrogens with one attached hydrogen (secondary N) is 1. The van der Waals surface area contributed by atoms with Crippen LogP contribution in [0.1, 0.15) is 11.1 Å². The highest BCUT2D eigenvalue weighted by Crippen LogP contribution is 2.26. The van der Waals surface area contributed by atoms with Crippen molar-refractivity contribution in [2.24, 2.45) is 0 Å². The number of rotatable bonds is 6. The fraction of sp³-hybridized carbons (Fsp3) is 0.250. The zero-order valence-corrected chi connectivity index (χ0v) is 13.2. The zero-order valence-electron chi connectivity index (χ0n) is 11.7. The molecule has 106 valence electrons. The highest BCUT2D eigenvalue weighted by Gasteiger charge is 2.06. The highest BCUT2D eigenvalue weighted by molar-refractivity contribution is 9.10. The first-order chi connectivity index (χ1) is 9.74. The summed E-state index contributed by atoms with van der Waals surface area (Å²) in [5.74, 6) is 0.872. The van der Waals surface area contributed by atoms with E-state index in [1.54, 1.807) is 14.2 Å². The first-order valence-corrected chi connectivity index (χ1v) is 7.17. The van der Waals surface area contributed by atoms with Gasteiger partial charge in [-0.25, -0.2) is 0 Å². The van der Waals surface area contributed by atoms with Gasteiger partial charge in [0.1, 0.15) is 5.75 Å². The molecule has 0 spiro atoms. The minimum absolute atomic E-state index is 0.576. The molecule has 0 fully saturated rings. The molecule has 4 heteroatoms. The first kappa shape index (κ1) is 14.9. The van der Waals surface area contributed by atoms with Crippen molar-refractivity contribution in [3.8, 4) is 5.75 Å². The van der Waals surface area contributed by atoms with Crippen molar-refractivity contribution in [1.82, 2.24) is 0 Å². The number of ether oxygens (including phenoxy) is 2. The summed E-state index contributed by atoms with van der Waals surface area (Å²) in [6.45, 7) is 1.34. The van der Waals surface area contributed by atoms with Crippen LogP contribution in [-0.4, -0.2) is 14.2 Å². The second-order valence-corrected chi connectivity index (χ2v) is 5.25. The van der Waals surface area contributed by atoms with Gasteiger partial charge < -0.3 is 14.8 Å². The van der Waals surface area contributed by atoms with Crippen LogP contribution in [0.3, 0.4) is 0 Å². The molecule has 0 aliphatic rings. The maximum atomic E-state index is 5.25. The molecule has 2 aromatic carbocycles. The number of hydrogen-bond acceptors (Lipinski definition) is 3. The molecule has 0 aromatic heterocycles. The van der Waals surface area contributed by atoms with Gasteiger partial charge in [-0.1, -0.05) is 34.1 Å². The molecular weight excluding hydrogens is 318 g/mol. The molecule has 20 heavy (non-hydrogen) atoms. The topological polar surface area (TPSA) is 30.5 Å². The van der Waals surface area contributed by atoms with Gasteiger partial charge in [0.2, 0.25) is 0 Å². The van der Waals surface area contributed by atoms with Crippen LogP contribution in [0.25, 0.3) is 0 Å². The predicted octanol–water partition coefficient (Wildman–Crippen LogP) is 4.22. The van der Waals surface area contributed by atoms with Gasteiger partial charge in [0.15, 0.2) is 0 Å². The maximum Gasteiger partial charge on any atom is 0.118 e. The molecule has 0 saturated carbocycles. The molecule has 0 radical (unpaired) electrons. The summed E-state index contributed by atoms with van der Waals surface area (Å²) in [6.07, 6.45) is 0. The Balaban J connectivity index is 2.08. The van der Waals surface area contributed by atoms with Crippen LogP contribution in [0, 0.1) is 0 Å². The Morgan fingerprint density at radius 1 is 1.05 bits per heavy atom. The Morgan fingerprint density at radius 2 is 1.80 bits per heavy atom. The minimum atomic E-state index is 0.576. The predicted molar refractivity (Wildman–Crippen MR) is 85.2 cm³/mol. The quantitative estimate of drug-likeness (QED) is 0.857. The molecule has 0 unspecified atom stereocenters. The van der Waals surface area contributed by atoms with E-state index in [2.05, 4.69) is 39.4 Å². The number of hydrogen-bond donors (Lipinski definition) is 1. The Hall–Kier alpha value is -1.52. The van der Waals surface area contributed by atoms with Crippen LogP contribution in [-0.2, 0) is 17.9 Å². The van der Waals surface area contributed by atoms with Crippen molar-refractivity contribution in [2.45, 2.75) is 13.2 Å². The Morgan fingerprint density at radius 3 is 2.45 bits per heavy atom. The summed E-state index contributed by atoms with van der Waals surface area (Å²) in [7, 11) is 3.37. The van der Waals surface area contributed by atoms with Crippen molar-refractivity contribution in [3.05, 3.63) is 58.1 Å². The smallest absolute Gasteiger partial charge is 0.118 e. The van der Waals surface area contributed by atoms with Gasteiger partial charge in [-0.15, -0.1) is 0 Å². The van der Waals surface area contributed by atoms with Crippen LogP contribution < -0.4 is 10.1 Å². The zero-order chi connectivity index (χ0) is 14.4. The van der Waals surface area contributed by atoms with E-state index in [0.717, 1.165) is 28.0 Å². The van der Waals surface area contributed by atoms with E-state index in [1.165, 1.54) is 5.56 Å². The molecule has 0 bridgehead atoms. The molecule has 2 aromatic rings. The summed E-state index contributed by atoms with van der Waals surface area (Å²) >= 11 is 3.56. The number of benzene rings is 2. The van der Waals surface area contributed by atoms with E-state index in [9.17, 15) is 0 Å². The molecule has 0 aliphatic heterocycles. The standard InChI is InChI=1S/C16H18BrNO2/c1-19-11-14-15(17)4-3-5-16(14)18-10-12-6-8-13(20-2)9-7-12/h3-9,18H,10-11H2,1-2H3. The van der Waals surface area contributed by atoms with Gasteiger partial charge in [0.25, 0.3) is 0 Å². The van der Waals surface area contributed by atoms with Gasteiger partial charge in [-0.2, -0.15) is 0 Å². The minimum Gasteiger partial charge on any atom is -0.497 e. The number of anilines is 1. The molecule has 3 nitrogen and oxygen atoms in total. The van der Waals surface area contributed by atoms with E-state index in [0.29, 0.717) is 6.61 Å². The van der Waals surface area contributed by atoms with E-state index in [1.807, 2.05) is 24.3 Å². The summed E-state index contributed by atoms with van der Waals surface area (Å²) < 4.78 is 11.5. The van der Waals surface area contributed by atoms with Gasteiger partial charge in [-0.3, -0.25) is 0 Å². The van der Waals surface area contributed by atoms with E-state index < -0.39 is 0 Å². The number of methoxy groups -OCH3 is 2. The van der Waals surface area contributed by atoms with Crippen LogP contribution in [0.5, 0.6) is 5.75 Å². The number of halogens is 1. The monoisotopic (exact) mass is 335 g/mol. The summed E-state index contributed by atoms with van der Waals surface area (Å²) in [5, 5.41) is 3.44. The normalized spacial score (nSPS) is 10.3. The molecule has 0 amide bonds. The van der Waals surface area contributed by atoms with Crippen LogP contribution in [0.2, 0.25) is 0 Å². The second kappa shape index (κ2) is 7.31. The summed E-state index contributed by atoms with van der Waals surface area (Å²) in [6, 6.07) is 14.1. The van der Waals surface area contributed by atoms with Gasteiger partial charge in [-0.05, 0) is 29.8 Å². The van der Waals surface area contributed by atoms with Crippen molar-refractivity contribution < 1.29 is 9.47 Å². The van der Waals surface area contributed by atoms with Crippen LogP contribution in [0.4, 0.5) is 5.69 Å². The van der Waals surface area contributed by atoms with E-state index in [4.69, 9.17) is 9.47 Å². The van der Waals surface area contributed by atoms with Crippen molar-refractivity contribution in [1.29, 1.82) is 0 Å². The summed E-state index contributed by atoms with van der Waals surface area (Å²) in [4.78, 5) is 0. The molecule has 0 heterocycles. The highest BCUT2D eigenvalue weighted by atomic mass is 79.9. The SMILES string of the molecule is COCc1c(Br)cccc1NCc1ccc(OC)cc1. The van der Waals surface area contributed by atoms with Crippen molar-refractivity contribution in [2.75, 3.05) is 19.5 Å². The largest absolute Gasteiger partial charge is 0.497 e. The third kappa shape index (κ3) is 3.74. The molecule has 0 atom stereocenters. The Bertz CT molecular complexity index is 555. The lowest BCUT2D eigenvalue weighted by atomic mass is 10.1. The lowest BCUT2D eigenvalue weighted by molar-refractivity contribution is 0.185. The van der Waals surface area contributed by atoms with Crippen LogP contribution >= 0.6 is 15.9 Å². The second-order valence-electron chi connectivity index (χ2n) is 4.40. The lowest BCUT2D eigenvalue weighted by Crippen LogP contribution is -2.03. The van der Waals surface area contributed by atoms with Crippen molar-refractivity contribution >= 4 is 21.6 Å². The lowest BCUT2D eigenvalue weighted by Gasteiger charge is -2.13. The Kier molecular flexibility index (Phi) is 5.44. The fourth-order valence-corrected chi connectivity index (χ4v) is 2.44. The molecule has 0 aliphatic carbocycles. The van der Waals surface area contributed by atoms with Crippen molar-refractivity contribution in [3.63, 3.8) is 0 Å². The van der Waals surface area contributed by atoms with Gasteiger partial charge in [0.05, 0.1) is 13.7 Å². The average Bonchev–Trinajstić information content (AvgIpc) is 2.48. The third-order valence-corrected chi connectivity index (χ3v) is 3.79. The molecular formula is C16H18BrNO2. The molecule has 1 N–H and O–H groups in total. The summed E-state index contributed by atoms with van der Waals surface area (Å²) in [5.41, 5.74) is 3.41. The van der Waals surface area contributed by atoms with E-state index in [-0.39, 0.29) is 0 Å².